The minimum absolute atomic E-state index is 0.0793. The van der Waals surface area contributed by atoms with Gasteiger partial charge in [0.05, 0.1) is 23.6 Å². The molecule has 132 valence electrons. The van der Waals surface area contributed by atoms with Crippen LogP contribution in [0, 0.1) is 12.8 Å². The zero-order chi connectivity index (χ0) is 17.8. The summed E-state index contributed by atoms with van der Waals surface area (Å²) in [4.78, 5) is 16.1. The molecule has 1 N–H and O–H groups in total. The van der Waals surface area contributed by atoms with Crippen molar-refractivity contribution < 1.29 is 9.53 Å². The summed E-state index contributed by atoms with van der Waals surface area (Å²) in [5, 5.41) is 11.7. The molecule has 0 amide bonds. The fraction of sp³-hybridized carbons (Fsp3) is 0.444. The Kier molecular flexibility index (Phi) is 5.11. The third-order valence-electron chi connectivity index (χ3n) is 3.97. The second kappa shape index (κ2) is 7.46. The number of benzene rings is 1. The van der Waals surface area contributed by atoms with Crippen molar-refractivity contribution in [2.75, 3.05) is 18.5 Å². The van der Waals surface area contributed by atoms with Crippen LogP contribution in [0.2, 0.25) is 0 Å². The first-order valence-electron chi connectivity index (χ1n) is 8.59. The van der Waals surface area contributed by atoms with Gasteiger partial charge in [-0.25, -0.2) is 4.98 Å². The minimum atomic E-state index is -0.148. The highest BCUT2D eigenvalue weighted by Crippen LogP contribution is 2.21. The largest absolute Gasteiger partial charge is 0.465 e. The second-order valence-electron chi connectivity index (χ2n) is 6.31. The van der Waals surface area contributed by atoms with E-state index in [2.05, 4.69) is 20.5 Å². The minimum Gasteiger partial charge on any atom is -0.465 e. The van der Waals surface area contributed by atoms with E-state index >= 15 is 0 Å². The molecule has 2 aromatic heterocycles. The molecule has 3 aromatic rings. The van der Waals surface area contributed by atoms with Crippen molar-refractivity contribution in [3.8, 4) is 0 Å². The molecule has 1 aromatic carbocycles. The van der Waals surface area contributed by atoms with E-state index in [1.165, 1.54) is 0 Å². The van der Waals surface area contributed by atoms with Crippen molar-refractivity contribution >= 4 is 28.5 Å². The van der Waals surface area contributed by atoms with Gasteiger partial charge >= 0.3 is 5.97 Å². The highest BCUT2D eigenvalue weighted by Gasteiger charge is 2.12. The van der Waals surface area contributed by atoms with E-state index in [-0.39, 0.29) is 11.9 Å². The van der Waals surface area contributed by atoms with Crippen LogP contribution >= 0.6 is 0 Å². The number of unbranched alkanes of at least 4 members (excludes halogenated alkanes) is 1. The van der Waals surface area contributed by atoms with Crippen molar-refractivity contribution in [3.63, 3.8) is 0 Å². The molecule has 0 aliphatic carbocycles. The second-order valence-corrected chi connectivity index (χ2v) is 6.31. The monoisotopic (exact) mass is 341 g/mol. The number of hydrogen-bond donors (Lipinski definition) is 1. The summed E-state index contributed by atoms with van der Waals surface area (Å²) in [5.74, 6) is 1.32. The van der Waals surface area contributed by atoms with Crippen molar-refractivity contribution in [1.82, 2.24) is 19.6 Å². The average molecular weight is 341 g/mol. The maximum Gasteiger partial charge on any atom is 0.308 e. The van der Waals surface area contributed by atoms with Crippen LogP contribution in [0.25, 0.3) is 16.7 Å². The molecule has 0 saturated heterocycles. The average Bonchev–Trinajstić information content (AvgIpc) is 3.00. The molecular weight excluding hydrogens is 318 g/mol. The van der Waals surface area contributed by atoms with E-state index in [9.17, 15) is 4.79 Å². The summed E-state index contributed by atoms with van der Waals surface area (Å²) in [5.41, 5.74) is 2.61. The Balaban J connectivity index is 1.64. The molecule has 25 heavy (non-hydrogen) atoms. The zero-order valence-corrected chi connectivity index (χ0v) is 14.8. The summed E-state index contributed by atoms with van der Waals surface area (Å²) in [7, 11) is 0. The van der Waals surface area contributed by atoms with Crippen LogP contribution in [0.3, 0.4) is 0 Å². The molecule has 7 heteroatoms. The predicted molar refractivity (Wildman–Crippen MR) is 96.5 cm³/mol. The standard InChI is InChI=1S/C18H23N5O2/c1-12(2)18(24)25-11-7-6-10-19-16-17-22-21-13(3)23(17)15-9-5-4-8-14(15)20-16/h4-5,8-9,12H,6-7,10-11H2,1-3H3,(H,19,20). The lowest BCUT2D eigenvalue weighted by Gasteiger charge is -2.10. The normalized spacial score (nSPS) is 11.4. The number of aryl methyl sites for hydroxylation is 1. The number of aromatic nitrogens is 4. The van der Waals surface area contributed by atoms with Gasteiger partial charge < -0.3 is 10.1 Å². The fourth-order valence-electron chi connectivity index (χ4n) is 2.61. The molecule has 0 saturated carbocycles. The molecule has 0 atom stereocenters. The van der Waals surface area contributed by atoms with Crippen molar-refractivity contribution in [3.05, 3.63) is 30.1 Å². The fourth-order valence-corrected chi connectivity index (χ4v) is 2.61. The predicted octanol–water partition coefficient (Wildman–Crippen LogP) is 2.98. The molecule has 0 aliphatic rings. The van der Waals surface area contributed by atoms with Gasteiger partial charge in [0.1, 0.15) is 5.82 Å². The number of carbonyl (C=O) groups excluding carboxylic acids is 1. The van der Waals surface area contributed by atoms with E-state index in [1.807, 2.05) is 49.4 Å². The molecule has 2 heterocycles. The molecule has 0 bridgehead atoms. The van der Waals surface area contributed by atoms with Gasteiger partial charge in [0.2, 0.25) is 5.65 Å². The van der Waals surface area contributed by atoms with Gasteiger partial charge in [-0.05, 0) is 31.9 Å². The molecule has 0 spiro atoms. The summed E-state index contributed by atoms with van der Waals surface area (Å²) < 4.78 is 7.19. The van der Waals surface area contributed by atoms with Crippen LogP contribution in [0.15, 0.2) is 24.3 Å². The first kappa shape index (κ1) is 17.1. The number of fused-ring (bicyclic) bond motifs is 3. The van der Waals surface area contributed by atoms with E-state index in [0.717, 1.165) is 47.7 Å². The van der Waals surface area contributed by atoms with Gasteiger partial charge in [0, 0.05) is 6.54 Å². The number of nitrogens with one attached hydrogen (secondary N) is 1. The first-order chi connectivity index (χ1) is 12.1. The third kappa shape index (κ3) is 3.70. The highest BCUT2D eigenvalue weighted by atomic mass is 16.5. The first-order valence-corrected chi connectivity index (χ1v) is 8.59. The molecule has 7 nitrogen and oxygen atoms in total. The quantitative estimate of drug-likeness (QED) is 0.525. The smallest absolute Gasteiger partial charge is 0.308 e. The Morgan fingerprint density at radius 1 is 1.24 bits per heavy atom. The van der Waals surface area contributed by atoms with Crippen LogP contribution in [0.1, 0.15) is 32.5 Å². The highest BCUT2D eigenvalue weighted by molar-refractivity contribution is 5.82. The molecule has 0 aliphatic heterocycles. The topological polar surface area (TPSA) is 81.4 Å². The Hall–Kier alpha value is -2.70. The van der Waals surface area contributed by atoms with E-state index in [4.69, 9.17) is 4.74 Å². The van der Waals surface area contributed by atoms with Crippen LogP contribution in [0.5, 0.6) is 0 Å². The Morgan fingerprint density at radius 2 is 2.04 bits per heavy atom. The summed E-state index contributed by atoms with van der Waals surface area (Å²) in [6.45, 7) is 6.77. The molecule has 0 radical (unpaired) electrons. The lowest BCUT2D eigenvalue weighted by molar-refractivity contribution is -0.147. The lowest BCUT2D eigenvalue weighted by Crippen LogP contribution is -2.13. The summed E-state index contributed by atoms with van der Waals surface area (Å²) >= 11 is 0. The number of rotatable bonds is 7. The van der Waals surface area contributed by atoms with Gasteiger partial charge in [-0.1, -0.05) is 26.0 Å². The SMILES string of the molecule is Cc1nnc2c(NCCCCOC(=O)C(C)C)nc3ccccc3n12. The Bertz CT molecular complexity index is 888. The Morgan fingerprint density at radius 3 is 2.84 bits per heavy atom. The van der Waals surface area contributed by atoms with Crippen molar-refractivity contribution in [2.45, 2.75) is 33.6 Å². The van der Waals surface area contributed by atoms with Gasteiger partial charge in [-0.3, -0.25) is 9.20 Å². The lowest BCUT2D eigenvalue weighted by atomic mass is 10.2. The number of ether oxygens (including phenoxy) is 1. The van der Waals surface area contributed by atoms with Crippen LogP contribution in [-0.2, 0) is 9.53 Å². The molecule has 0 fully saturated rings. The molecule has 3 rings (SSSR count). The van der Waals surface area contributed by atoms with Gasteiger partial charge in [-0.15, -0.1) is 10.2 Å². The summed E-state index contributed by atoms with van der Waals surface area (Å²) in [6.07, 6.45) is 1.68. The van der Waals surface area contributed by atoms with Crippen molar-refractivity contribution in [2.24, 2.45) is 5.92 Å². The number of carbonyl (C=O) groups is 1. The van der Waals surface area contributed by atoms with Gasteiger partial charge in [-0.2, -0.15) is 0 Å². The zero-order valence-electron chi connectivity index (χ0n) is 14.8. The Labute approximate surface area is 146 Å². The maximum atomic E-state index is 11.4. The van der Waals surface area contributed by atoms with Gasteiger partial charge in [0.25, 0.3) is 0 Å². The molecule has 0 unspecified atom stereocenters. The number of hydrogen-bond acceptors (Lipinski definition) is 6. The maximum absolute atomic E-state index is 11.4. The third-order valence-corrected chi connectivity index (χ3v) is 3.97. The number of nitrogens with zero attached hydrogens (tertiary/aromatic N) is 4. The van der Waals surface area contributed by atoms with Crippen LogP contribution < -0.4 is 5.32 Å². The van der Waals surface area contributed by atoms with E-state index < -0.39 is 0 Å². The van der Waals surface area contributed by atoms with E-state index in [0.29, 0.717) is 6.61 Å². The summed E-state index contributed by atoms with van der Waals surface area (Å²) in [6, 6.07) is 7.94. The van der Waals surface area contributed by atoms with Crippen LogP contribution in [0.4, 0.5) is 5.82 Å². The van der Waals surface area contributed by atoms with Crippen LogP contribution in [-0.4, -0.2) is 38.7 Å². The van der Waals surface area contributed by atoms with Crippen molar-refractivity contribution in [1.29, 1.82) is 0 Å². The number of para-hydroxylation sites is 2. The number of anilines is 1. The van der Waals surface area contributed by atoms with Gasteiger partial charge in [0.15, 0.2) is 5.82 Å². The van der Waals surface area contributed by atoms with E-state index in [1.54, 1.807) is 0 Å². The number of esters is 1. The molecular formula is C18H23N5O2.